The Kier molecular flexibility index (Phi) is 14.4. The lowest BCUT2D eigenvalue weighted by atomic mass is 9.60. The highest BCUT2D eigenvalue weighted by molar-refractivity contribution is 7.73. The molecule has 0 aromatic heterocycles. The fraction of sp³-hybridized carbons (Fsp3) is 0.562. The third kappa shape index (κ3) is 9.40. The van der Waals surface area contributed by atoms with E-state index in [1.165, 1.54) is 10.6 Å². The molecule has 4 nitrogen and oxygen atoms in total. The Balaban J connectivity index is 1.99. The normalized spacial score (nSPS) is 21.0. The van der Waals surface area contributed by atoms with E-state index in [2.05, 4.69) is 121 Å². The highest BCUT2D eigenvalue weighted by atomic mass is 31.1. The Morgan fingerprint density at radius 3 is 1.39 bits per heavy atom. The molecule has 41 heavy (non-hydrogen) atoms. The summed E-state index contributed by atoms with van der Waals surface area (Å²) in [6.07, 6.45) is 6.87. The number of rotatable bonds is 16. The van der Waals surface area contributed by atoms with Gasteiger partial charge in [-0.2, -0.15) is 0 Å². The van der Waals surface area contributed by atoms with Gasteiger partial charge >= 0.3 is 0 Å². The van der Waals surface area contributed by atoms with E-state index in [4.69, 9.17) is 17.7 Å². The van der Waals surface area contributed by atoms with Gasteiger partial charge in [-0.3, -0.25) is 0 Å². The zero-order chi connectivity index (χ0) is 29.9. The van der Waals surface area contributed by atoms with Crippen LogP contribution in [0.5, 0.6) is 0 Å². The summed E-state index contributed by atoms with van der Waals surface area (Å²) in [6.45, 7) is 18.5. The lowest BCUT2D eigenvalue weighted by Gasteiger charge is -2.50. The summed E-state index contributed by atoms with van der Waals surface area (Å²) in [5.74, 6) is 0.965. The van der Waals surface area contributed by atoms with Crippen molar-refractivity contribution >= 4 is 57.6 Å². The molecule has 0 aliphatic heterocycles. The van der Waals surface area contributed by atoms with Gasteiger partial charge in [-0.25, -0.2) is 0 Å². The van der Waals surface area contributed by atoms with Crippen LogP contribution in [0.2, 0.25) is 26.2 Å². The summed E-state index contributed by atoms with van der Waals surface area (Å²) >= 11 is 0. The first-order valence-electron chi connectivity index (χ1n) is 15.7. The molecule has 1 aliphatic rings. The van der Waals surface area contributed by atoms with E-state index in [1.807, 2.05) is 0 Å². The minimum Gasteiger partial charge on any atom is -0.400 e. The van der Waals surface area contributed by atoms with E-state index in [0.717, 1.165) is 25.4 Å². The minimum atomic E-state index is -0.575. The highest BCUT2D eigenvalue weighted by Gasteiger charge is 2.47. The lowest BCUT2D eigenvalue weighted by Crippen LogP contribution is -2.48. The Morgan fingerprint density at radius 1 is 0.683 bits per heavy atom. The zero-order valence-corrected chi connectivity index (χ0v) is 33.4. The number of allylic oxidation sites excluding steroid dienone is 2. The summed E-state index contributed by atoms with van der Waals surface area (Å²) in [5, 5.41) is 2.89. The Hall–Kier alpha value is -0.682. The molecule has 0 bridgehead atoms. The van der Waals surface area contributed by atoms with E-state index in [0.29, 0.717) is 11.8 Å². The summed E-state index contributed by atoms with van der Waals surface area (Å²) in [5.41, 5.74) is 1.48. The van der Waals surface area contributed by atoms with Crippen LogP contribution in [0.25, 0.3) is 0 Å². The van der Waals surface area contributed by atoms with E-state index in [1.54, 1.807) is 5.57 Å². The van der Waals surface area contributed by atoms with Crippen molar-refractivity contribution in [3.63, 3.8) is 0 Å². The van der Waals surface area contributed by atoms with Crippen molar-refractivity contribution in [1.29, 1.82) is 0 Å². The molecule has 0 saturated heterocycles. The predicted molar refractivity (Wildman–Crippen MR) is 190 cm³/mol. The molecule has 2 unspecified atom stereocenters. The third-order valence-corrected chi connectivity index (χ3v) is 13.8. The molecular weight excluding hydrogens is 592 g/mol. The van der Waals surface area contributed by atoms with E-state index in [-0.39, 0.29) is 23.4 Å². The smallest absolute Gasteiger partial charge is 0.161 e. The molecule has 9 heteroatoms. The number of hydrogen-bond acceptors (Lipinski definition) is 4. The van der Waals surface area contributed by atoms with Crippen molar-refractivity contribution in [2.45, 2.75) is 85.7 Å². The predicted octanol–water partition coefficient (Wildman–Crippen LogP) is 4.76. The Labute approximate surface area is 261 Å². The van der Waals surface area contributed by atoms with Crippen LogP contribution < -0.4 is 10.6 Å². The van der Waals surface area contributed by atoms with Crippen LogP contribution in [-0.2, 0) is 17.7 Å². The quantitative estimate of drug-likeness (QED) is 0.114. The second-order valence-corrected chi connectivity index (χ2v) is 18.2. The first-order chi connectivity index (χ1) is 19.7. The summed E-state index contributed by atoms with van der Waals surface area (Å²) in [6, 6.07) is 22.2. The summed E-state index contributed by atoms with van der Waals surface area (Å²) in [4.78, 5) is 0. The molecule has 3 rings (SSSR count). The van der Waals surface area contributed by atoms with E-state index in [9.17, 15) is 0 Å². The minimum absolute atomic E-state index is 0.0559. The topological polar surface area (TPSA) is 36.9 Å². The first kappa shape index (κ1) is 34.8. The molecule has 0 spiro atoms. The van der Waals surface area contributed by atoms with Gasteiger partial charge in [-0.05, 0) is 55.8 Å². The van der Waals surface area contributed by atoms with Crippen molar-refractivity contribution in [3.05, 3.63) is 72.3 Å². The average Bonchev–Trinajstić information content (AvgIpc) is 2.98. The van der Waals surface area contributed by atoms with Gasteiger partial charge in [0, 0.05) is 10.8 Å². The lowest BCUT2D eigenvalue weighted by molar-refractivity contribution is -0.135. The molecule has 2 aromatic rings. The van der Waals surface area contributed by atoms with Crippen LogP contribution in [0.1, 0.15) is 47.0 Å². The first-order valence-corrected chi connectivity index (χ1v) is 25.2. The van der Waals surface area contributed by atoms with Crippen LogP contribution in [-0.4, -0.2) is 57.8 Å². The second-order valence-electron chi connectivity index (χ2n) is 12.3. The molecular formula is C32H55O4PSi4. The molecule has 1 fully saturated rings. The SMILES string of the molecule is C[SiH2]OC(O[SiH2]C)C(C)(C)C1CC(=CCP(c2ccccc2)c2ccccc2)CC(C(C)(C)C(O[SiH2]C)O[SiH2]C)C1. The molecule has 1 aliphatic carbocycles. The largest absolute Gasteiger partial charge is 0.400 e. The van der Waals surface area contributed by atoms with Crippen molar-refractivity contribution in [2.75, 3.05) is 6.16 Å². The molecule has 2 atom stereocenters. The van der Waals surface area contributed by atoms with Gasteiger partial charge in [-0.1, -0.05) is 126 Å². The van der Waals surface area contributed by atoms with Crippen molar-refractivity contribution in [3.8, 4) is 0 Å². The van der Waals surface area contributed by atoms with Crippen LogP contribution in [0.3, 0.4) is 0 Å². The van der Waals surface area contributed by atoms with Crippen LogP contribution in [0.4, 0.5) is 0 Å². The average molecular weight is 647 g/mol. The maximum absolute atomic E-state index is 6.39. The van der Waals surface area contributed by atoms with Gasteiger partial charge in [0.1, 0.15) is 12.6 Å². The van der Waals surface area contributed by atoms with Gasteiger partial charge in [0.15, 0.2) is 39.1 Å². The summed E-state index contributed by atoms with van der Waals surface area (Å²) < 4.78 is 25.6. The van der Waals surface area contributed by atoms with Crippen LogP contribution in [0.15, 0.2) is 72.3 Å². The van der Waals surface area contributed by atoms with Gasteiger partial charge in [0.2, 0.25) is 0 Å². The number of benzene rings is 2. The monoisotopic (exact) mass is 646 g/mol. The van der Waals surface area contributed by atoms with Gasteiger partial charge in [-0.15, -0.1) is 0 Å². The van der Waals surface area contributed by atoms with Gasteiger partial charge in [0.25, 0.3) is 0 Å². The van der Waals surface area contributed by atoms with Gasteiger partial charge in [0.05, 0.1) is 0 Å². The van der Waals surface area contributed by atoms with Crippen molar-refractivity contribution in [1.82, 2.24) is 0 Å². The molecule has 0 N–H and O–H groups in total. The standard InChI is InChI=1S/C32H55O4PSi4/c1-31(2,29(33-38-5)34-39-6)25-21-24(22-26(23-25)32(3,4)30(35-40-7)36-41-8)19-20-37(27-15-11-9-12-16-27)28-17-13-10-14-18-28/h9-19,25-26,29-30H,20-23,38-41H2,1-8H3. The third-order valence-electron chi connectivity index (χ3n) is 8.88. The van der Waals surface area contributed by atoms with Crippen LogP contribution in [0, 0.1) is 22.7 Å². The van der Waals surface area contributed by atoms with Gasteiger partial charge < -0.3 is 17.7 Å². The fourth-order valence-electron chi connectivity index (χ4n) is 6.27. The molecule has 1 saturated carbocycles. The molecule has 0 amide bonds. The molecule has 228 valence electrons. The Morgan fingerprint density at radius 2 is 1.05 bits per heavy atom. The molecule has 0 radical (unpaired) electrons. The molecule has 0 heterocycles. The highest BCUT2D eigenvalue weighted by Crippen LogP contribution is 2.52. The second kappa shape index (κ2) is 17.0. The van der Waals surface area contributed by atoms with Crippen molar-refractivity contribution in [2.24, 2.45) is 22.7 Å². The molecule has 2 aromatic carbocycles. The number of hydrogen-bond donors (Lipinski definition) is 0. The zero-order valence-electron chi connectivity index (χ0n) is 26.9. The van der Waals surface area contributed by atoms with Crippen molar-refractivity contribution < 1.29 is 17.7 Å². The maximum Gasteiger partial charge on any atom is 0.161 e. The van der Waals surface area contributed by atoms with E-state index < -0.39 is 47.0 Å². The Bertz CT molecular complexity index is 965. The fourth-order valence-corrected chi connectivity index (χ4v) is 12.2. The van der Waals surface area contributed by atoms with E-state index >= 15 is 0 Å². The maximum atomic E-state index is 6.39. The summed E-state index contributed by atoms with van der Waals surface area (Å²) in [7, 11) is -2.76. The van der Waals surface area contributed by atoms with Crippen LogP contribution >= 0.6 is 7.92 Å².